The highest BCUT2D eigenvalue weighted by Crippen LogP contribution is 2.17. The third-order valence-corrected chi connectivity index (χ3v) is 2.89. The van der Waals surface area contributed by atoms with Crippen molar-refractivity contribution in [2.24, 2.45) is 0 Å². The Morgan fingerprint density at radius 1 is 1.17 bits per heavy atom. The summed E-state index contributed by atoms with van der Waals surface area (Å²) >= 11 is 0. The Morgan fingerprint density at radius 3 is 2.56 bits per heavy atom. The van der Waals surface area contributed by atoms with Gasteiger partial charge >= 0.3 is 0 Å². The number of Topliss-reactive ketones (excluding diaryl/α,β-unsaturated/α-hetero) is 1. The molecule has 2 aliphatic heterocycles. The van der Waals surface area contributed by atoms with Crippen LogP contribution in [0.2, 0.25) is 0 Å². The van der Waals surface area contributed by atoms with Crippen LogP contribution in [0, 0.1) is 6.92 Å². The van der Waals surface area contributed by atoms with Crippen molar-refractivity contribution < 1.29 is 19.0 Å². The van der Waals surface area contributed by atoms with E-state index in [0.717, 1.165) is 0 Å². The fourth-order valence-electron chi connectivity index (χ4n) is 1.90. The molecule has 0 N–H and O–H groups in total. The Labute approximate surface area is 107 Å². The van der Waals surface area contributed by atoms with Crippen molar-refractivity contribution in [3.05, 3.63) is 35.9 Å². The summed E-state index contributed by atoms with van der Waals surface area (Å²) in [5.41, 5.74) is 1.32. The van der Waals surface area contributed by atoms with Gasteiger partial charge in [0.05, 0.1) is 13.2 Å². The molecule has 2 heterocycles. The molecular formula is C14H18O4. The summed E-state index contributed by atoms with van der Waals surface area (Å²) < 4.78 is 15.4. The number of ketones is 1. The van der Waals surface area contributed by atoms with Crippen LogP contribution in [0.1, 0.15) is 12.0 Å². The lowest BCUT2D eigenvalue weighted by molar-refractivity contribution is -0.218. The quantitative estimate of drug-likeness (QED) is 0.703. The molecule has 1 aromatic carbocycles. The number of carbonyl (C=O) groups is 1. The second-order valence-corrected chi connectivity index (χ2v) is 4.36. The number of benzene rings is 1. The van der Waals surface area contributed by atoms with Gasteiger partial charge in [-0.05, 0) is 6.92 Å². The first-order valence-electron chi connectivity index (χ1n) is 6.12. The van der Waals surface area contributed by atoms with E-state index in [1.165, 1.54) is 5.56 Å². The summed E-state index contributed by atoms with van der Waals surface area (Å²) in [6.07, 6.45) is -0.0521. The third-order valence-electron chi connectivity index (χ3n) is 2.89. The largest absolute Gasteiger partial charge is 0.372 e. The Hall–Kier alpha value is -1.23. The maximum absolute atomic E-state index is 11.2. The lowest BCUT2D eigenvalue weighted by Crippen LogP contribution is -2.49. The van der Waals surface area contributed by atoms with Gasteiger partial charge < -0.3 is 14.2 Å². The summed E-state index contributed by atoms with van der Waals surface area (Å²) in [5, 5.41) is 0. The molecular weight excluding hydrogens is 232 g/mol. The van der Waals surface area contributed by atoms with Crippen molar-refractivity contribution in [1.29, 1.82) is 0 Å². The molecule has 2 atom stereocenters. The van der Waals surface area contributed by atoms with Gasteiger partial charge in [0.1, 0.15) is 19.0 Å². The van der Waals surface area contributed by atoms with Gasteiger partial charge in [0.15, 0.2) is 5.78 Å². The third kappa shape index (κ3) is 3.63. The molecule has 0 aromatic heterocycles. The standard InChI is InChI=1S/C7H10O4.C7H8/c8-5-1-2-10-6-3-9-4-11-7(5)6;1-7-5-3-2-4-6-7/h6-7H,1-4H2;2-6H,1H3. The van der Waals surface area contributed by atoms with Gasteiger partial charge in [-0.15, -0.1) is 0 Å². The molecule has 2 fully saturated rings. The number of rotatable bonds is 0. The van der Waals surface area contributed by atoms with Crippen LogP contribution in [-0.4, -0.2) is 38.0 Å². The zero-order chi connectivity index (χ0) is 12.8. The molecule has 0 radical (unpaired) electrons. The van der Waals surface area contributed by atoms with Gasteiger partial charge in [0, 0.05) is 6.42 Å². The van der Waals surface area contributed by atoms with E-state index >= 15 is 0 Å². The molecule has 98 valence electrons. The summed E-state index contributed by atoms with van der Waals surface area (Å²) in [5.74, 6) is 0.143. The van der Waals surface area contributed by atoms with Gasteiger partial charge in [-0.1, -0.05) is 35.9 Å². The molecule has 1 aromatic rings. The van der Waals surface area contributed by atoms with Gasteiger partial charge in [-0.2, -0.15) is 0 Å². The topological polar surface area (TPSA) is 44.8 Å². The van der Waals surface area contributed by atoms with Crippen LogP contribution in [0.4, 0.5) is 0 Å². The van der Waals surface area contributed by atoms with E-state index in [-0.39, 0.29) is 24.8 Å². The molecule has 4 heteroatoms. The molecule has 2 aliphatic rings. The monoisotopic (exact) mass is 250 g/mol. The van der Waals surface area contributed by atoms with Crippen molar-refractivity contribution in [3.63, 3.8) is 0 Å². The predicted octanol–water partition coefficient (Wildman–Crippen LogP) is 1.71. The smallest absolute Gasteiger partial charge is 0.166 e. The molecule has 2 unspecified atom stereocenters. The number of hydrogen-bond acceptors (Lipinski definition) is 4. The van der Waals surface area contributed by atoms with E-state index in [0.29, 0.717) is 19.6 Å². The minimum atomic E-state index is -0.363. The van der Waals surface area contributed by atoms with Crippen LogP contribution in [0.5, 0.6) is 0 Å². The molecule has 4 nitrogen and oxygen atoms in total. The summed E-state index contributed by atoms with van der Waals surface area (Å²) in [6, 6.07) is 10.3. The lowest BCUT2D eigenvalue weighted by atomic mass is 10.0. The van der Waals surface area contributed by atoms with Crippen LogP contribution >= 0.6 is 0 Å². The van der Waals surface area contributed by atoms with Gasteiger partial charge in [0.25, 0.3) is 0 Å². The van der Waals surface area contributed by atoms with Gasteiger partial charge in [-0.25, -0.2) is 0 Å². The Bertz CT molecular complexity index is 375. The zero-order valence-corrected chi connectivity index (χ0v) is 10.5. The number of ether oxygens (including phenoxy) is 3. The first-order chi connectivity index (χ1) is 8.77. The first kappa shape index (κ1) is 13.2. The van der Waals surface area contributed by atoms with Gasteiger partial charge in [0.2, 0.25) is 0 Å². The summed E-state index contributed by atoms with van der Waals surface area (Å²) in [4.78, 5) is 11.2. The fourth-order valence-corrected chi connectivity index (χ4v) is 1.90. The van der Waals surface area contributed by atoms with Crippen molar-refractivity contribution >= 4 is 5.78 Å². The Balaban J connectivity index is 0.000000149. The molecule has 3 rings (SSSR count). The normalized spacial score (nSPS) is 26.8. The fraction of sp³-hybridized carbons (Fsp3) is 0.500. The molecule has 18 heavy (non-hydrogen) atoms. The SMILES string of the molecule is Cc1ccccc1.O=C1CCOC2COCOC12. The highest BCUT2D eigenvalue weighted by molar-refractivity contribution is 5.84. The molecule has 0 amide bonds. The summed E-state index contributed by atoms with van der Waals surface area (Å²) in [6.45, 7) is 3.29. The van der Waals surface area contributed by atoms with Crippen LogP contribution < -0.4 is 0 Å². The van der Waals surface area contributed by atoms with Crippen LogP contribution in [0.15, 0.2) is 30.3 Å². The van der Waals surface area contributed by atoms with Crippen molar-refractivity contribution in [2.75, 3.05) is 20.0 Å². The second kappa shape index (κ2) is 6.64. The van der Waals surface area contributed by atoms with Crippen LogP contribution in [0.3, 0.4) is 0 Å². The molecule has 0 saturated carbocycles. The van der Waals surface area contributed by atoms with Crippen LogP contribution in [0.25, 0.3) is 0 Å². The number of carbonyl (C=O) groups excluding carboxylic acids is 1. The summed E-state index contributed by atoms with van der Waals surface area (Å²) in [7, 11) is 0. The Kier molecular flexibility index (Phi) is 4.87. The van der Waals surface area contributed by atoms with Crippen LogP contribution in [-0.2, 0) is 19.0 Å². The number of hydrogen-bond donors (Lipinski definition) is 0. The average Bonchev–Trinajstić information content (AvgIpc) is 2.41. The van der Waals surface area contributed by atoms with Crippen molar-refractivity contribution in [3.8, 4) is 0 Å². The van der Waals surface area contributed by atoms with E-state index < -0.39 is 0 Å². The average molecular weight is 250 g/mol. The van der Waals surface area contributed by atoms with E-state index in [9.17, 15) is 4.79 Å². The van der Waals surface area contributed by atoms with E-state index in [1.807, 2.05) is 18.2 Å². The lowest BCUT2D eigenvalue weighted by Gasteiger charge is -2.33. The number of aryl methyl sites for hydroxylation is 1. The minimum absolute atomic E-state index is 0.143. The molecule has 0 bridgehead atoms. The maximum Gasteiger partial charge on any atom is 0.166 e. The van der Waals surface area contributed by atoms with E-state index in [2.05, 4.69) is 19.1 Å². The maximum atomic E-state index is 11.2. The molecule has 2 saturated heterocycles. The first-order valence-corrected chi connectivity index (χ1v) is 6.12. The van der Waals surface area contributed by atoms with E-state index in [4.69, 9.17) is 14.2 Å². The van der Waals surface area contributed by atoms with E-state index in [1.54, 1.807) is 0 Å². The Morgan fingerprint density at radius 2 is 1.94 bits per heavy atom. The second-order valence-electron chi connectivity index (χ2n) is 4.36. The van der Waals surface area contributed by atoms with Gasteiger partial charge in [-0.3, -0.25) is 4.79 Å². The van der Waals surface area contributed by atoms with Crippen molar-refractivity contribution in [2.45, 2.75) is 25.6 Å². The van der Waals surface area contributed by atoms with Crippen molar-refractivity contribution in [1.82, 2.24) is 0 Å². The zero-order valence-electron chi connectivity index (χ0n) is 10.5. The molecule has 0 aliphatic carbocycles. The predicted molar refractivity (Wildman–Crippen MR) is 66.2 cm³/mol. The minimum Gasteiger partial charge on any atom is -0.372 e. The highest BCUT2D eigenvalue weighted by atomic mass is 16.7. The number of fused-ring (bicyclic) bond motifs is 1. The molecule has 0 spiro atoms. The highest BCUT2D eigenvalue weighted by Gasteiger charge is 2.36.